The molecule has 0 bridgehead atoms. The number of nitrogens with one attached hydrogen (secondary N) is 1. The summed E-state index contributed by atoms with van der Waals surface area (Å²) < 4.78 is 25.7. The van der Waals surface area contributed by atoms with E-state index in [0.717, 1.165) is 17.1 Å². The summed E-state index contributed by atoms with van der Waals surface area (Å²) in [6.07, 6.45) is 1.94. The normalized spacial score (nSPS) is 15.3. The first kappa shape index (κ1) is 14.8. The van der Waals surface area contributed by atoms with Crippen molar-refractivity contribution in [2.75, 3.05) is 19.3 Å². The molecule has 1 aliphatic carbocycles. The maximum atomic E-state index is 12.3. The number of nitrogens with two attached hydrogens (primary N) is 1. The largest absolute Gasteiger partial charge is 0.399 e. The number of anilines is 1. The fraction of sp³-hybridized carbons (Fsp3) is 0.462. The second-order valence-electron chi connectivity index (χ2n) is 5.12. The third-order valence-electron chi connectivity index (χ3n) is 3.26. The molecule has 6 nitrogen and oxygen atoms in total. The standard InChI is InChI=1S/C13H19N3O3S/c1-9-7-11(5-6-12(9)14)20(18,19)16(2)8-13(17)15-10-3-4-10/h5-7,10H,3-4,8,14H2,1-2H3,(H,15,17). The van der Waals surface area contributed by atoms with Crippen LogP contribution in [-0.2, 0) is 14.8 Å². The summed E-state index contributed by atoms with van der Waals surface area (Å²) in [7, 11) is -2.28. The van der Waals surface area contributed by atoms with Crippen LogP contribution < -0.4 is 11.1 Å². The Kier molecular flexibility index (Phi) is 4.01. The molecular formula is C13H19N3O3S. The molecule has 7 heteroatoms. The van der Waals surface area contributed by atoms with Gasteiger partial charge in [0.15, 0.2) is 0 Å². The molecule has 1 fully saturated rings. The van der Waals surface area contributed by atoms with Crippen LogP contribution >= 0.6 is 0 Å². The minimum Gasteiger partial charge on any atom is -0.399 e. The third kappa shape index (κ3) is 3.29. The molecular weight excluding hydrogens is 278 g/mol. The van der Waals surface area contributed by atoms with E-state index >= 15 is 0 Å². The Hall–Kier alpha value is -1.60. The molecule has 0 aliphatic heterocycles. The number of nitrogen functional groups attached to an aromatic ring is 1. The fourth-order valence-corrected chi connectivity index (χ4v) is 2.99. The van der Waals surface area contributed by atoms with Gasteiger partial charge in [0.05, 0.1) is 11.4 Å². The first-order valence-electron chi connectivity index (χ1n) is 6.42. The number of hydrogen-bond acceptors (Lipinski definition) is 4. The van der Waals surface area contributed by atoms with Gasteiger partial charge in [-0.2, -0.15) is 4.31 Å². The lowest BCUT2D eigenvalue weighted by atomic mass is 10.2. The lowest BCUT2D eigenvalue weighted by molar-refractivity contribution is -0.121. The molecule has 0 heterocycles. The molecule has 0 spiro atoms. The SMILES string of the molecule is Cc1cc(S(=O)(=O)N(C)CC(=O)NC2CC2)ccc1N. The van der Waals surface area contributed by atoms with Crippen LogP contribution in [0.15, 0.2) is 23.1 Å². The van der Waals surface area contributed by atoms with Crippen molar-refractivity contribution in [1.29, 1.82) is 0 Å². The molecule has 110 valence electrons. The maximum absolute atomic E-state index is 12.3. The van der Waals surface area contributed by atoms with Gasteiger partial charge in [-0.15, -0.1) is 0 Å². The van der Waals surface area contributed by atoms with Gasteiger partial charge >= 0.3 is 0 Å². The van der Waals surface area contributed by atoms with Crippen molar-refractivity contribution in [2.24, 2.45) is 0 Å². The number of carbonyl (C=O) groups is 1. The van der Waals surface area contributed by atoms with E-state index in [9.17, 15) is 13.2 Å². The van der Waals surface area contributed by atoms with Gasteiger partial charge in [-0.05, 0) is 43.5 Å². The molecule has 1 aromatic rings. The highest BCUT2D eigenvalue weighted by Crippen LogP contribution is 2.20. The van der Waals surface area contributed by atoms with Gasteiger partial charge < -0.3 is 11.1 Å². The number of likely N-dealkylation sites (N-methyl/N-ethyl adjacent to an activating group) is 1. The van der Waals surface area contributed by atoms with E-state index in [1.807, 2.05) is 0 Å². The van der Waals surface area contributed by atoms with Gasteiger partial charge in [0.1, 0.15) is 0 Å². The molecule has 0 atom stereocenters. The number of benzene rings is 1. The van der Waals surface area contributed by atoms with Crippen LogP contribution in [0.1, 0.15) is 18.4 Å². The van der Waals surface area contributed by atoms with Crippen molar-refractivity contribution in [3.63, 3.8) is 0 Å². The van der Waals surface area contributed by atoms with Gasteiger partial charge in [0, 0.05) is 18.8 Å². The lowest BCUT2D eigenvalue weighted by Gasteiger charge is -2.17. The monoisotopic (exact) mass is 297 g/mol. The predicted molar refractivity (Wildman–Crippen MR) is 76.6 cm³/mol. The van der Waals surface area contributed by atoms with Crippen LogP contribution in [0.5, 0.6) is 0 Å². The molecule has 1 saturated carbocycles. The summed E-state index contributed by atoms with van der Waals surface area (Å²) >= 11 is 0. The highest BCUT2D eigenvalue weighted by Gasteiger charge is 2.27. The van der Waals surface area contributed by atoms with E-state index in [4.69, 9.17) is 5.73 Å². The number of nitrogens with zero attached hydrogens (tertiary/aromatic N) is 1. The second-order valence-corrected chi connectivity index (χ2v) is 7.17. The van der Waals surface area contributed by atoms with E-state index in [0.29, 0.717) is 11.3 Å². The van der Waals surface area contributed by atoms with Crippen LogP contribution in [0.3, 0.4) is 0 Å². The van der Waals surface area contributed by atoms with Gasteiger partial charge in [-0.1, -0.05) is 0 Å². The minimum atomic E-state index is -3.67. The van der Waals surface area contributed by atoms with Gasteiger partial charge in [-0.3, -0.25) is 4.79 Å². The molecule has 1 aliphatic rings. The molecule has 1 amide bonds. The number of rotatable bonds is 5. The van der Waals surface area contributed by atoms with E-state index in [1.54, 1.807) is 13.0 Å². The van der Waals surface area contributed by atoms with E-state index in [1.165, 1.54) is 19.2 Å². The van der Waals surface area contributed by atoms with Crippen LogP contribution in [0, 0.1) is 6.92 Å². The Morgan fingerprint density at radius 3 is 2.65 bits per heavy atom. The summed E-state index contributed by atoms with van der Waals surface area (Å²) in [5, 5.41) is 2.76. The summed E-state index contributed by atoms with van der Waals surface area (Å²) in [6, 6.07) is 4.74. The van der Waals surface area contributed by atoms with Crippen LogP contribution in [0.4, 0.5) is 5.69 Å². The Balaban J connectivity index is 2.11. The maximum Gasteiger partial charge on any atom is 0.243 e. The minimum absolute atomic E-state index is 0.144. The molecule has 0 saturated heterocycles. The summed E-state index contributed by atoms with van der Waals surface area (Å²) in [5.41, 5.74) is 6.91. The highest BCUT2D eigenvalue weighted by molar-refractivity contribution is 7.89. The average molecular weight is 297 g/mol. The van der Waals surface area contributed by atoms with Crippen molar-refractivity contribution in [3.05, 3.63) is 23.8 Å². The number of amides is 1. The smallest absolute Gasteiger partial charge is 0.243 e. The zero-order valence-electron chi connectivity index (χ0n) is 11.6. The number of carbonyl (C=O) groups excluding carboxylic acids is 1. The Morgan fingerprint density at radius 2 is 2.10 bits per heavy atom. The van der Waals surface area contributed by atoms with Crippen molar-refractivity contribution >= 4 is 21.6 Å². The van der Waals surface area contributed by atoms with Crippen molar-refractivity contribution in [2.45, 2.75) is 30.7 Å². The third-order valence-corrected chi connectivity index (χ3v) is 5.06. The highest BCUT2D eigenvalue weighted by atomic mass is 32.2. The Morgan fingerprint density at radius 1 is 1.45 bits per heavy atom. The summed E-state index contributed by atoms with van der Waals surface area (Å²) in [6.45, 7) is 1.57. The quantitative estimate of drug-likeness (QED) is 0.773. The first-order valence-corrected chi connectivity index (χ1v) is 7.86. The molecule has 2 rings (SSSR count). The summed E-state index contributed by atoms with van der Waals surface area (Å²) in [5.74, 6) is -0.272. The first-order chi connectivity index (χ1) is 9.30. The Labute approximate surface area is 119 Å². The van der Waals surface area contributed by atoms with E-state index in [2.05, 4.69) is 5.32 Å². The van der Waals surface area contributed by atoms with Crippen molar-refractivity contribution in [3.8, 4) is 0 Å². The van der Waals surface area contributed by atoms with E-state index < -0.39 is 10.0 Å². The number of hydrogen-bond donors (Lipinski definition) is 2. The predicted octanol–water partition coefficient (Wildman–Crippen LogP) is 0.476. The average Bonchev–Trinajstić information content (AvgIpc) is 3.16. The Bertz CT molecular complexity index is 624. The van der Waals surface area contributed by atoms with Crippen molar-refractivity contribution < 1.29 is 13.2 Å². The number of sulfonamides is 1. The molecule has 0 unspecified atom stereocenters. The van der Waals surface area contributed by atoms with Crippen LogP contribution in [0.2, 0.25) is 0 Å². The molecule has 1 aromatic carbocycles. The molecule has 0 radical (unpaired) electrons. The fourth-order valence-electron chi connectivity index (χ4n) is 1.78. The summed E-state index contributed by atoms with van der Waals surface area (Å²) in [4.78, 5) is 11.8. The second kappa shape index (κ2) is 5.41. The van der Waals surface area contributed by atoms with Gasteiger partial charge in [0.2, 0.25) is 15.9 Å². The van der Waals surface area contributed by atoms with Crippen LogP contribution in [-0.4, -0.2) is 38.3 Å². The van der Waals surface area contributed by atoms with Crippen LogP contribution in [0.25, 0.3) is 0 Å². The molecule has 3 N–H and O–H groups in total. The van der Waals surface area contributed by atoms with Gasteiger partial charge in [0.25, 0.3) is 0 Å². The lowest BCUT2D eigenvalue weighted by Crippen LogP contribution is -2.39. The zero-order valence-corrected chi connectivity index (χ0v) is 12.4. The van der Waals surface area contributed by atoms with Crippen molar-refractivity contribution in [1.82, 2.24) is 9.62 Å². The van der Waals surface area contributed by atoms with Gasteiger partial charge in [-0.25, -0.2) is 8.42 Å². The molecule has 0 aromatic heterocycles. The zero-order chi connectivity index (χ0) is 14.9. The molecule has 20 heavy (non-hydrogen) atoms. The van der Waals surface area contributed by atoms with E-state index in [-0.39, 0.29) is 23.4 Å². The number of aryl methyl sites for hydroxylation is 1. The topological polar surface area (TPSA) is 92.5 Å².